The zero-order valence-corrected chi connectivity index (χ0v) is 50.1. The molecule has 38 nitrogen and oxygen atoms in total. The van der Waals surface area contributed by atoms with Crippen LogP contribution in [0.5, 0.6) is 0 Å². The molecule has 90 heavy (non-hydrogen) atoms. The molecule has 0 unspecified atom stereocenters. The van der Waals surface area contributed by atoms with Crippen molar-refractivity contribution in [1.29, 1.82) is 0 Å². The Hall–Kier alpha value is -7.65. The van der Waals surface area contributed by atoms with Crippen LogP contribution >= 0.6 is 22.7 Å². The largest absolute Gasteiger partial charge is 0.441 e. The van der Waals surface area contributed by atoms with Gasteiger partial charge >= 0.3 is 6.09 Å². The van der Waals surface area contributed by atoms with Crippen molar-refractivity contribution in [3.8, 4) is 10.7 Å². The maximum Gasteiger partial charge on any atom is 0.404 e. The summed E-state index contributed by atoms with van der Waals surface area (Å²) in [7, 11) is 0. The molecule has 2 saturated heterocycles. The van der Waals surface area contributed by atoms with Gasteiger partial charge in [0.1, 0.15) is 94.6 Å². The number of ether oxygens (including phenoxy) is 5. The lowest BCUT2D eigenvalue weighted by molar-refractivity contribution is -0.372. The number of aliphatic hydroxyl groups excluding tert-OH is 8. The van der Waals surface area contributed by atoms with Gasteiger partial charge in [0.15, 0.2) is 18.7 Å². The highest BCUT2D eigenvalue weighted by Gasteiger charge is 2.54. The number of imidazole rings is 1. The van der Waals surface area contributed by atoms with Crippen LogP contribution in [-0.4, -0.2) is 242 Å². The van der Waals surface area contributed by atoms with E-state index in [1.54, 1.807) is 5.38 Å². The zero-order chi connectivity index (χ0) is 66.6. The molecule has 40 heteroatoms. The van der Waals surface area contributed by atoms with Gasteiger partial charge in [-0.25, -0.2) is 29.7 Å². The summed E-state index contributed by atoms with van der Waals surface area (Å²) in [6.45, 7) is 2.60. The zero-order valence-electron chi connectivity index (χ0n) is 48.4. The van der Waals surface area contributed by atoms with Crippen LogP contribution in [0.4, 0.5) is 10.6 Å². The van der Waals surface area contributed by atoms with E-state index in [4.69, 9.17) is 58.1 Å². The second-order valence-corrected chi connectivity index (χ2v) is 22.7. The highest BCUT2D eigenvalue weighted by molar-refractivity contribution is 7.14. The van der Waals surface area contributed by atoms with Gasteiger partial charge in [0.2, 0.25) is 29.5 Å². The molecule has 0 spiro atoms. The lowest BCUT2D eigenvalue weighted by Crippen LogP contribution is -2.65. The normalized spacial score (nSPS) is 24.8. The quantitative estimate of drug-likeness (QED) is 0.0222. The van der Waals surface area contributed by atoms with E-state index in [1.807, 2.05) is 0 Å². The van der Waals surface area contributed by atoms with Gasteiger partial charge in [-0.1, -0.05) is 6.92 Å². The van der Waals surface area contributed by atoms with E-state index in [0.29, 0.717) is 15.7 Å². The summed E-state index contributed by atoms with van der Waals surface area (Å²) in [5, 5.41) is 105. The molecule has 6 heterocycles. The summed E-state index contributed by atoms with van der Waals surface area (Å²) in [5.41, 5.74) is 33.1. The van der Waals surface area contributed by atoms with E-state index in [2.05, 4.69) is 56.5 Å². The van der Waals surface area contributed by atoms with E-state index in [-0.39, 0.29) is 48.1 Å². The predicted octanol–water partition coefficient (Wildman–Crippen LogP) is -8.60. The first-order chi connectivity index (χ1) is 42.5. The fourth-order valence-electron chi connectivity index (χ4n) is 9.15. The maximum absolute atomic E-state index is 15.1. The number of hydrogen-bond acceptors (Lipinski definition) is 31. The lowest BCUT2D eigenvalue weighted by Gasteiger charge is -2.47. The van der Waals surface area contributed by atoms with Gasteiger partial charge < -0.3 is 131 Å². The van der Waals surface area contributed by atoms with Crippen molar-refractivity contribution in [1.82, 2.24) is 56.5 Å². The number of nitrogens with zero attached hydrogens (tertiary/aromatic N) is 5. The molecule has 0 saturated carbocycles. The van der Waals surface area contributed by atoms with E-state index in [9.17, 15) is 74.4 Å². The number of primary amides is 4. The Bertz CT molecular complexity index is 3150. The molecule has 19 atom stereocenters. The summed E-state index contributed by atoms with van der Waals surface area (Å²) in [4.78, 5) is 129. The summed E-state index contributed by atoms with van der Waals surface area (Å²) < 4.78 is 28.7. The first kappa shape index (κ1) is 71.4. The van der Waals surface area contributed by atoms with Crippen molar-refractivity contribution < 1.29 is 103 Å². The average molecular weight is 1310 g/mol. The number of nitrogens with two attached hydrogens (primary N) is 6. The Labute approximate surface area is 518 Å². The third-order valence-corrected chi connectivity index (χ3v) is 16.1. The fraction of sp³-hybridized carbons (Fsp3) is 0.580. The topological polar surface area (TPSA) is 641 Å². The molecule has 4 aromatic rings. The van der Waals surface area contributed by atoms with Crippen molar-refractivity contribution in [3.05, 3.63) is 56.8 Å². The highest BCUT2D eigenvalue weighted by atomic mass is 32.1. The van der Waals surface area contributed by atoms with Gasteiger partial charge in [-0.2, -0.15) is 0 Å². The number of amides is 8. The molecule has 8 amide bonds. The molecule has 2 aliphatic rings. The van der Waals surface area contributed by atoms with E-state index >= 15 is 4.79 Å². The SMILES string of the molecule is Cc1c(N)nc([C@H](CC(N)=O)NC[C@H](N)C(N)=O)nc1C(=O)N[C@H](C(=O)N[C@H](C)[C@@H](O)[C@H](C)C(=O)N[C@H](C(=O)NCCc1nc(-c2nc(C(N)=O)cs2)cs1)[C@@H](C)O)[C@@H](O[C@@H]1O[C@@H](CO)[C@@H](O)[C@H](O)[C@@H]1O[C@H]1O[C@H](CO)[C@@H](O)[C@@H](OC(N)=O)[C@@H]1O)c1cnc[nH]1. The molecule has 2 fully saturated rings. The van der Waals surface area contributed by atoms with Crippen LogP contribution in [0.2, 0.25) is 0 Å². The minimum Gasteiger partial charge on any atom is -0.441 e. The minimum absolute atomic E-state index is 0.0170. The van der Waals surface area contributed by atoms with Gasteiger partial charge in [-0.3, -0.25) is 33.6 Å². The van der Waals surface area contributed by atoms with Crippen molar-refractivity contribution in [2.24, 2.45) is 34.6 Å². The average Bonchev–Trinajstić information content (AvgIpc) is 0.905. The highest BCUT2D eigenvalue weighted by Crippen LogP contribution is 2.35. The fourth-order valence-corrected chi connectivity index (χ4v) is 10.8. The maximum atomic E-state index is 15.1. The Kier molecular flexibility index (Phi) is 25.3. The smallest absolute Gasteiger partial charge is 0.404 e. The Balaban J connectivity index is 1.31. The lowest BCUT2D eigenvalue weighted by atomic mass is 9.96. The number of anilines is 1. The van der Waals surface area contributed by atoms with Gasteiger partial charge in [0.05, 0.1) is 72.7 Å². The number of aliphatic hydroxyl groups is 8. The van der Waals surface area contributed by atoms with Crippen LogP contribution in [-0.2, 0) is 54.1 Å². The molecule has 4 aromatic heterocycles. The molecule has 0 bridgehead atoms. The van der Waals surface area contributed by atoms with Gasteiger partial charge in [-0.05, 0) is 20.8 Å². The van der Waals surface area contributed by atoms with E-state index in [1.165, 1.54) is 44.4 Å². The number of aromatic nitrogens is 6. The van der Waals surface area contributed by atoms with Crippen molar-refractivity contribution >= 4 is 75.9 Å². The molecule has 2 aliphatic heterocycles. The molecule has 0 aliphatic carbocycles. The van der Waals surface area contributed by atoms with Crippen molar-refractivity contribution in [3.63, 3.8) is 0 Å². The first-order valence-corrected chi connectivity index (χ1v) is 29.2. The van der Waals surface area contributed by atoms with E-state index < -0.39 is 189 Å². The van der Waals surface area contributed by atoms with Gasteiger partial charge in [0.25, 0.3) is 11.8 Å². The molecule has 0 radical (unpaired) electrons. The number of aromatic amines is 1. The standard InChI is InChI=1S/C50H73N17O21S2/c1-15-28(64-42(67-39(15)53)20(7-26(52)71)59-8-19(51)40(54)77)45(81)66-30(36(21-9-57-14-60-21)86-49-38(34(75)32(73)24(10-68)85-49)87-48-35(76)37(88-50(56)83)33(74)25(11-69)84-48)46(82)61-17(3)31(72)16(2)43(79)65-29(18(4)70)44(80)58-6-5-27-62-23(13-89-27)47-63-22(12-90-47)41(55)78/h9,12-14,16-20,24-25,29-38,48-49,59,68-70,72-76H,5-8,10-11,51H2,1-4H3,(H2,52,71)(H2,54,77)(H2,55,78)(H2,56,83)(H,57,60)(H,58,80)(H,61,82)(H,65,79)(H,66,81)(H2,53,64,67)/t16-,17+,18+,19-,20-,24-,25+,29-,30-,31-,32+,33+,34-,35-,36-,37+,38-,48+,49-/m0/s1. The van der Waals surface area contributed by atoms with Gasteiger partial charge in [-0.15, -0.1) is 22.7 Å². The van der Waals surface area contributed by atoms with Crippen LogP contribution in [0.25, 0.3) is 10.7 Å². The number of carbonyl (C=O) groups excluding carboxylic acids is 8. The molecule has 496 valence electrons. The Morgan fingerprint density at radius 2 is 1.47 bits per heavy atom. The third-order valence-electron chi connectivity index (χ3n) is 14.3. The van der Waals surface area contributed by atoms with Crippen LogP contribution < -0.4 is 61.0 Å². The van der Waals surface area contributed by atoms with Crippen LogP contribution in [0.15, 0.2) is 23.3 Å². The van der Waals surface area contributed by atoms with Crippen LogP contribution in [0.1, 0.15) is 82.4 Å². The summed E-state index contributed by atoms with van der Waals surface area (Å²) >= 11 is 2.40. The molecule has 0 aromatic carbocycles. The number of nitrogen functional groups attached to an aromatic ring is 1. The Morgan fingerprint density at radius 3 is 2.07 bits per heavy atom. The predicted molar refractivity (Wildman–Crippen MR) is 306 cm³/mol. The molecular weight excluding hydrogens is 1240 g/mol. The van der Waals surface area contributed by atoms with Crippen LogP contribution in [0.3, 0.4) is 0 Å². The first-order valence-electron chi connectivity index (χ1n) is 27.4. The number of hydrogen-bond donors (Lipinski definition) is 20. The number of carbonyl (C=O) groups is 8. The number of rotatable bonds is 31. The van der Waals surface area contributed by atoms with E-state index in [0.717, 1.165) is 23.9 Å². The molecule has 26 N–H and O–H groups in total. The third kappa shape index (κ3) is 17.9. The number of nitrogens with one attached hydrogen (secondary N) is 6. The summed E-state index contributed by atoms with van der Waals surface area (Å²) in [6.07, 6.45) is -25.1. The summed E-state index contributed by atoms with van der Waals surface area (Å²) in [5.74, 6) is -9.13. The number of H-pyrrole nitrogens is 1. The second kappa shape index (κ2) is 31.9. The summed E-state index contributed by atoms with van der Waals surface area (Å²) in [6, 6.07) is -7.85. The number of thiazole rings is 2. The second-order valence-electron chi connectivity index (χ2n) is 20.9. The minimum atomic E-state index is -2.20. The molecule has 6 rings (SSSR count). The van der Waals surface area contributed by atoms with Crippen molar-refractivity contribution in [2.75, 3.05) is 32.0 Å². The monoisotopic (exact) mass is 1310 g/mol. The van der Waals surface area contributed by atoms with Crippen molar-refractivity contribution in [2.45, 2.75) is 150 Å². The van der Waals surface area contributed by atoms with Crippen LogP contribution in [0, 0.1) is 12.8 Å². The molecular formula is C50H73N17O21S2. The Morgan fingerprint density at radius 1 is 0.789 bits per heavy atom. The van der Waals surface area contributed by atoms with Gasteiger partial charge in [0, 0.05) is 42.3 Å².